The van der Waals surface area contributed by atoms with Crippen LogP contribution in [0.3, 0.4) is 0 Å². The van der Waals surface area contributed by atoms with Gasteiger partial charge in [-0.05, 0) is 24.1 Å². The van der Waals surface area contributed by atoms with Crippen LogP contribution in [0, 0.1) is 5.92 Å². The molecule has 0 radical (unpaired) electrons. The molecule has 144 valence electrons. The van der Waals surface area contributed by atoms with Crippen LogP contribution in [0.4, 0.5) is 16.2 Å². The Labute approximate surface area is 157 Å². The van der Waals surface area contributed by atoms with Gasteiger partial charge in [0.2, 0.25) is 5.89 Å². The lowest BCUT2D eigenvalue weighted by Gasteiger charge is -2.26. The van der Waals surface area contributed by atoms with Gasteiger partial charge in [-0.3, -0.25) is 4.79 Å². The minimum atomic E-state index is -0.329. The second-order valence-electron chi connectivity index (χ2n) is 6.91. The van der Waals surface area contributed by atoms with Crippen LogP contribution < -0.4 is 15.0 Å². The Bertz CT molecular complexity index is 848. The fourth-order valence-electron chi connectivity index (χ4n) is 2.65. The van der Waals surface area contributed by atoms with E-state index in [1.165, 1.54) is 9.80 Å². The number of rotatable bonds is 5. The lowest BCUT2D eigenvalue weighted by atomic mass is 10.1. The van der Waals surface area contributed by atoms with Gasteiger partial charge >= 0.3 is 6.03 Å². The first-order valence-electron chi connectivity index (χ1n) is 8.70. The van der Waals surface area contributed by atoms with Crippen molar-refractivity contribution in [3.8, 4) is 5.75 Å². The van der Waals surface area contributed by atoms with E-state index in [4.69, 9.17) is 9.26 Å². The van der Waals surface area contributed by atoms with Crippen molar-refractivity contribution in [2.45, 2.75) is 26.8 Å². The van der Waals surface area contributed by atoms with E-state index in [-0.39, 0.29) is 25.1 Å². The molecular formula is C18H23N5O4. The zero-order chi connectivity index (χ0) is 19.6. The number of aromatic nitrogens is 2. The molecule has 0 atom stereocenters. The molecular weight excluding hydrogens is 350 g/mol. The summed E-state index contributed by atoms with van der Waals surface area (Å²) in [5, 5.41) is 6.71. The third kappa shape index (κ3) is 4.36. The third-order valence-corrected chi connectivity index (χ3v) is 4.12. The van der Waals surface area contributed by atoms with Crippen molar-refractivity contribution in [2.24, 2.45) is 5.92 Å². The molecule has 3 amide bonds. The van der Waals surface area contributed by atoms with Gasteiger partial charge in [-0.1, -0.05) is 19.0 Å². The van der Waals surface area contributed by atoms with Gasteiger partial charge in [0.25, 0.3) is 5.91 Å². The molecule has 2 heterocycles. The van der Waals surface area contributed by atoms with Crippen LogP contribution >= 0.6 is 0 Å². The van der Waals surface area contributed by atoms with Crippen molar-refractivity contribution in [3.05, 3.63) is 29.9 Å². The number of carbonyl (C=O) groups is 2. The number of urea groups is 1. The van der Waals surface area contributed by atoms with Crippen LogP contribution in [0.2, 0.25) is 0 Å². The van der Waals surface area contributed by atoms with E-state index >= 15 is 0 Å². The molecule has 1 aliphatic heterocycles. The highest BCUT2D eigenvalue weighted by molar-refractivity contribution is 5.99. The quantitative estimate of drug-likeness (QED) is 0.863. The van der Waals surface area contributed by atoms with Crippen molar-refractivity contribution >= 4 is 23.3 Å². The van der Waals surface area contributed by atoms with Crippen molar-refractivity contribution in [1.29, 1.82) is 0 Å². The van der Waals surface area contributed by atoms with Crippen molar-refractivity contribution in [2.75, 3.05) is 30.9 Å². The summed E-state index contributed by atoms with van der Waals surface area (Å²) in [7, 11) is 3.31. The second-order valence-corrected chi connectivity index (χ2v) is 6.91. The van der Waals surface area contributed by atoms with Gasteiger partial charge in [0.1, 0.15) is 12.3 Å². The first kappa shape index (κ1) is 18.7. The highest BCUT2D eigenvalue weighted by atomic mass is 16.5. The number of fused-ring (bicyclic) bond motifs is 1. The molecule has 27 heavy (non-hydrogen) atoms. The Morgan fingerprint density at radius 1 is 1.41 bits per heavy atom. The molecule has 0 aliphatic carbocycles. The topological polar surface area (TPSA) is 101 Å². The Morgan fingerprint density at radius 3 is 2.93 bits per heavy atom. The highest BCUT2D eigenvalue weighted by Gasteiger charge is 2.23. The summed E-state index contributed by atoms with van der Waals surface area (Å²) >= 11 is 0. The number of hydrogen-bond acceptors (Lipinski definition) is 6. The fourth-order valence-corrected chi connectivity index (χ4v) is 2.65. The average Bonchev–Trinajstić information content (AvgIpc) is 3.04. The maximum atomic E-state index is 12.4. The molecule has 0 saturated carbocycles. The van der Waals surface area contributed by atoms with E-state index in [0.29, 0.717) is 34.8 Å². The summed E-state index contributed by atoms with van der Waals surface area (Å²) in [6, 6.07) is 4.82. The van der Waals surface area contributed by atoms with E-state index in [1.54, 1.807) is 32.3 Å². The summed E-state index contributed by atoms with van der Waals surface area (Å²) in [6.07, 6.45) is 0.725. The smallest absolute Gasteiger partial charge is 0.322 e. The molecule has 0 unspecified atom stereocenters. The van der Waals surface area contributed by atoms with Gasteiger partial charge in [-0.25, -0.2) is 4.79 Å². The normalized spacial score (nSPS) is 13.4. The number of likely N-dealkylation sites (N-methyl/N-ethyl adjacent to an activating group) is 1. The number of nitrogens with one attached hydrogen (secondary N) is 1. The molecule has 9 nitrogen and oxygen atoms in total. The van der Waals surface area contributed by atoms with Gasteiger partial charge in [-0.15, -0.1) is 0 Å². The highest BCUT2D eigenvalue weighted by Crippen LogP contribution is 2.33. The van der Waals surface area contributed by atoms with Gasteiger partial charge in [-0.2, -0.15) is 4.98 Å². The number of carbonyl (C=O) groups excluding carboxylic acids is 2. The lowest BCUT2D eigenvalue weighted by Crippen LogP contribution is -2.35. The largest absolute Gasteiger partial charge is 0.482 e. The molecule has 0 bridgehead atoms. The van der Waals surface area contributed by atoms with Crippen LogP contribution in [0.1, 0.15) is 25.6 Å². The molecule has 1 N–H and O–H groups in total. The van der Waals surface area contributed by atoms with Gasteiger partial charge in [0, 0.05) is 26.2 Å². The van der Waals surface area contributed by atoms with Gasteiger partial charge < -0.3 is 24.4 Å². The summed E-state index contributed by atoms with van der Waals surface area (Å²) in [5.74, 6) is 1.90. The summed E-state index contributed by atoms with van der Waals surface area (Å²) in [6.45, 7) is 4.36. The zero-order valence-corrected chi connectivity index (χ0v) is 15.9. The Hall–Kier alpha value is -3.10. The molecule has 2 aromatic rings. The minimum Gasteiger partial charge on any atom is -0.482 e. The van der Waals surface area contributed by atoms with Crippen LogP contribution in [0.25, 0.3) is 0 Å². The average molecular weight is 373 g/mol. The molecule has 1 aromatic carbocycles. The number of ether oxygens (including phenoxy) is 1. The third-order valence-electron chi connectivity index (χ3n) is 4.12. The summed E-state index contributed by atoms with van der Waals surface area (Å²) in [5.41, 5.74) is 1.17. The summed E-state index contributed by atoms with van der Waals surface area (Å²) in [4.78, 5) is 31.4. The van der Waals surface area contributed by atoms with Crippen LogP contribution in [0.5, 0.6) is 5.75 Å². The molecule has 9 heteroatoms. The van der Waals surface area contributed by atoms with Crippen LogP contribution in [0.15, 0.2) is 22.7 Å². The minimum absolute atomic E-state index is 0.0148. The molecule has 0 fully saturated rings. The predicted octanol–water partition coefficient (Wildman–Crippen LogP) is 2.29. The van der Waals surface area contributed by atoms with E-state index < -0.39 is 0 Å². The van der Waals surface area contributed by atoms with Crippen LogP contribution in [-0.4, -0.2) is 47.7 Å². The zero-order valence-electron chi connectivity index (χ0n) is 15.9. The maximum absolute atomic E-state index is 12.4. The van der Waals surface area contributed by atoms with Crippen molar-refractivity contribution < 1.29 is 18.8 Å². The first-order chi connectivity index (χ1) is 12.8. The second kappa shape index (κ2) is 7.65. The maximum Gasteiger partial charge on any atom is 0.322 e. The lowest BCUT2D eigenvalue weighted by molar-refractivity contribution is -0.120. The number of hydrogen-bond donors (Lipinski definition) is 1. The van der Waals surface area contributed by atoms with E-state index in [9.17, 15) is 9.59 Å². The first-order valence-corrected chi connectivity index (χ1v) is 8.70. The monoisotopic (exact) mass is 373 g/mol. The number of nitrogens with zero attached hydrogens (tertiary/aromatic N) is 4. The number of amides is 3. The van der Waals surface area contributed by atoms with Crippen molar-refractivity contribution in [1.82, 2.24) is 15.0 Å². The molecule has 0 saturated heterocycles. The number of anilines is 2. The Morgan fingerprint density at radius 2 is 2.19 bits per heavy atom. The van der Waals surface area contributed by atoms with Crippen LogP contribution in [-0.2, 0) is 17.8 Å². The Balaban J connectivity index is 1.63. The predicted molar refractivity (Wildman–Crippen MR) is 98.7 cm³/mol. The molecule has 1 aliphatic rings. The SMILES string of the molecule is CC(C)Cc1noc(CN(C)C(=O)Nc2ccc3c(c2)N(C)C(=O)CO3)n1. The molecule has 0 spiro atoms. The van der Waals surface area contributed by atoms with E-state index in [2.05, 4.69) is 29.3 Å². The fraction of sp³-hybridized carbons (Fsp3) is 0.444. The van der Waals surface area contributed by atoms with E-state index in [0.717, 1.165) is 6.42 Å². The summed E-state index contributed by atoms with van der Waals surface area (Å²) < 4.78 is 10.6. The van der Waals surface area contributed by atoms with Gasteiger partial charge in [0.05, 0.1) is 5.69 Å². The Kier molecular flexibility index (Phi) is 5.29. The van der Waals surface area contributed by atoms with E-state index in [1.807, 2.05) is 0 Å². The van der Waals surface area contributed by atoms with Crippen molar-refractivity contribution in [3.63, 3.8) is 0 Å². The molecule has 1 aromatic heterocycles. The van der Waals surface area contributed by atoms with Gasteiger partial charge in [0.15, 0.2) is 12.4 Å². The standard InChI is InChI=1S/C18H23N5O4/c1-11(2)7-15-20-16(27-21-15)9-22(3)18(25)19-12-5-6-14-13(8-12)23(4)17(24)10-26-14/h5-6,8,11H,7,9-10H2,1-4H3,(H,19,25). The number of benzene rings is 1. The molecule has 3 rings (SSSR count).